The van der Waals surface area contributed by atoms with Crippen molar-refractivity contribution in [2.75, 3.05) is 0 Å². The van der Waals surface area contributed by atoms with Gasteiger partial charge in [0, 0.05) is 0 Å². The van der Waals surface area contributed by atoms with Crippen LogP contribution < -0.4 is 0 Å². The average molecular weight is 204 g/mol. The standard InChI is InChI=1S/2C5H10O2/c2*1-3-5(7)4(2)6/h2*5,7H,3H2,1-2H3. The zero-order chi connectivity index (χ0) is 11.7. The Hall–Kier alpha value is -0.740. The highest BCUT2D eigenvalue weighted by Crippen LogP contribution is 1.88. The fourth-order valence-corrected chi connectivity index (χ4v) is 0.575. The van der Waals surface area contributed by atoms with Crippen molar-refractivity contribution in [2.24, 2.45) is 0 Å². The number of hydrogen-bond donors (Lipinski definition) is 2. The van der Waals surface area contributed by atoms with Crippen molar-refractivity contribution < 1.29 is 19.8 Å². The molecule has 0 spiro atoms. The maximum atomic E-state index is 10.1. The summed E-state index contributed by atoms with van der Waals surface area (Å²) in [5.74, 6) is -0.301. The summed E-state index contributed by atoms with van der Waals surface area (Å²) < 4.78 is 0. The highest BCUT2D eigenvalue weighted by atomic mass is 16.3. The molecule has 14 heavy (non-hydrogen) atoms. The Bertz CT molecular complexity index is 157. The maximum absolute atomic E-state index is 10.1. The Morgan fingerprint density at radius 2 is 1.14 bits per heavy atom. The Morgan fingerprint density at radius 3 is 1.14 bits per heavy atom. The number of ketones is 2. The summed E-state index contributed by atoms with van der Waals surface area (Å²) in [7, 11) is 0. The highest BCUT2D eigenvalue weighted by Gasteiger charge is 2.03. The predicted molar refractivity (Wildman–Crippen MR) is 54.0 cm³/mol. The van der Waals surface area contributed by atoms with Crippen molar-refractivity contribution >= 4 is 11.6 Å². The highest BCUT2D eigenvalue weighted by molar-refractivity contribution is 5.80. The molecule has 0 heterocycles. The summed E-state index contributed by atoms with van der Waals surface area (Å²) in [6, 6.07) is 0. The number of aliphatic hydroxyl groups excluding tert-OH is 2. The minimum Gasteiger partial charge on any atom is -0.385 e. The fraction of sp³-hybridized carbons (Fsp3) is 0.800. The van der Waals surface area contributed by atoms with Gasteiger partial charge in [-0.25, -0.2) is 0 Å². The second kappa shape index (κ2) is 8.84. The Labute approximate surface area is 84.9 Å². The van der Waals surface area contributed by atoms with Crippen LogP contribution in [0.3, 0.4) is 0 Å². The Morgan fingerprint density at radius 1 is 0.929 bits per heavy atom. The first-order chi connectivity index (χ1) is 6.36. The van der Waals surface area contributed by atoms with Gasteiger partial charge in [0.05, 0.1) is 0 Å². The summed E-state index contributed by atoms with van der Waals surface area (Å²) >= 11 is 0. The van der Waals surface area contributed by atoms with Gasteiger partial charge >= 0.3 is 0 Å². The van der Waals surface area contributed by atoms with Crippen LogP contribution in [0.4, 0.5) is 0 Å². The van der Waals surface area contributed by atoms with E-state index in [1.165, 1.54) is 13.8 Å². The molecule has 0 aliphatic carbocycles. The number of Topliss-reactive ketones (excluding diaryl/α,β-unsaturated/α-hetero) is 2. The molecule has 84 valence electrons. The minimum atomic E-state index is -0.736. The monoisotopic (exact) mass is 204 g/mol. The molecule has 4 nitrogen and oxygen atoms in total. The van der Waals surface area contributed by atoms with Crippen molar-refractivity contribution in [1.82, 2.24) is 0 Å². The summed E-state index contributed by atoms with van der Waals surface area (Å²) in [6.45, 7) is 6.31. The van der Waals surface area contributed by atoms with E-state index >= 15 is 0 Å². The lowest BCUT2D eigenvalue weighted by Gasteiger charge is -1.97. The second-order valence-corrected chi connectivity index (χ2v) is 3.07. The van der Waals surface area contributed by atoms with Gasteiger partial charge in [-0.3, -0.25) is 9.59 Å². The summed E-state index contributed by atoms with van der Waals surface area (Å²) in [4.78, 5) is 20.2. The maximum Gasteiger partial charge on any atom is 0.158 e. The van der Waals surface area contributed by atoms with Crippen LogP contribution in [0.2, 0.25) is 0 Å². The van der Waals surface area contributed by atoms with Crippen LogP contribution >= 0.6 is 0 Å². The molecule has 0 radical (unpaired) electrons. The van der Waals surface area contributed by atoms with Gasteiger partial charge in [-0.2, -0.15) is 0 Å². The molecule has 4 heteroatoms. The largest absolute Gasteiger partial charge is 0.385 e. The minimum absolute atomic E-state index is 0.150. The number of carbonyl (C=O) groups is 2. The fourth-order valence-electron chi connectivity index (χ4n) is 0.575. The van der Waals surface area contributed by atoms with Crippen LogP contribution in [0.5, 0.6) is 0 Å². The van der Waals surface area contributed by atoms with E-state index in [0.29, 0.717) is 12.8 Å². The summed E-state index contributed by atoms with van der Waals surface area (Å²) in [5, 5.41) is 17.2. The smallest absolute Gasteiger partial charge is 0.158 e. The molecule has 2 atom stereocenters. The molecule has 0 aliphatic rings. The topological polar surface area (TPSA) is 74.6 Å². The number of hydrogen-bond acceptors (Lipinski definition) is 4. The normalized spacial score (nSPS) is 13.6. The molecule has 0 saturated carbocycles. The van der Waals surface area contributed by atoms with Crippen molar-refractivity contribution in [3.63, 3.8) is 0 Å². The second-order valence-electron chi connectivity index (χ2n) is 3.07. The molecule has 0 aliphatic heterocycles. The van der Waals surface area contributed by atoms with E-state index in [0.717, 1.165) is 0 Å². The summed E-state index contributed by atoms with van der Waals surface area (Å²) in [5.41, 5.74) is 0. The van der Waals surface area contributed by atoms with Gasteiger partial charge in [0.1, 0.15) is 12.2 Å². The van der Waals surface area contributed by atoms with Crippen LogP contribution in [-0.4, -0.2) is 34.0 Å². The molecule has 0 rings (SSSR count). The van der Waals surface area contributed by atoms with E-state index < -0.39 is 12.2 Å². The zero-order valence-corrected chi connectivity index (χ0v) is 9.28. The molecule has 0 amide bonds. The van der Waals surface area contributed by atoms with Crippen molar-refractivity contribution in [1.29, 1.82) is 0 Å². The van der Waals surface area contributed by atoms with E-state index in [1.807, 2.05) is 0 Å². The SMILES string of the molecule is CCC(O)C(C)=O.CCC(O)C(C)=O. The van der Waals surface area contributed by atoms with Gasteiger partial charge in [0.2, 0.25) is 0 Å². The van der Waals surface area contributed by atoms with Gasteiger partial charge in [0.25, 0.3) is 0 Å². The van der Waals surface area contributed by atoms with Crippen molar-refractivity contribution in [3.8, 4) is 0 Å². The first-order valence-corrected chi connectivity index (χ1v) is 4.73. The molecule has 0 fully saturated rings. The molecule has 2 unspecified atom stereocenters. The van der Waals surface area contributed by atoms with E-state index in [4.69, 9.17) is 10.2 Å². The van der Waals surface area contributed by atoms with Gasteiger partial charge in [0.15, 0.2) is 11.6 Å². The van der Waals surface area contributed by atoms with Crippen LogP contribution in [0.25, 0.3) is 0 Å². The number of rotatable bonds is 4. The molecule has 0 saturated heterocycles. The molecule has 0 bridgehead atoms. The lowest BCUT2D eigenvalue weighted by atomic mass is 10.2. The van der Waals surface area contributed by atoms with Crippen molar-refractivity contribution in [2.45, 2.75) is 52.7 Å². The van der Waals surface area contributed by atoms with Crippen LogP contribution in [-0.2, 0) is 9.59 Å². The molecular weight excluding hydrogens is 184 g/mol. The third kappa shape index (κ3) is 9.35. The molecule has 0 aromatic carbocycles. The molecular formula is C10H20O4. The van der Waals surface area contributed by atoms with Gasteiger partial charge < -0.3 is 10.2 Å². The zero-order valence-electron chi connectivity index (χ0n) is 9.28. The summed E-state index contributed by atoms with van der Waals surface area (Å²) in [6.07, 6.45) is -0.426. The van der Waals surface area contributed by atoms with Crippen molar-refractivity contribution in [3.05, 3.63) is 0 Å². The predicted octanol–water partition coefficient (Wildman–Crippen LogP) is 0.693. The van der Waals surface area contributed by atoms with Gasteiger partial charge in [-0.1, -0.05) is 13.8 Å². The molecule has 0 aromatic heterocycles. The average Bonchev–Trinajstić information content (AvgIpc) is 2.15. The third-order valence-corrected chi connectivity index (χ3v) is 1.71. The first kappa shape index (κ1) is 15.7. The van der Waals surface area contributed by atoms with Crippen LogP contribution in [0.15, 0.2) is 0 Å². The molecule has 0 aromatic rings. The van der Waals surface area contributed by atoms with Gasteiger partial charge in [-0.15, -0.1) is 0 Å². The lowest BCUT2D eigenvalue weighted by Crippen LogP contribution is -2.14. The lowest BCUT2D eigenvalue weighted by molar-refractivity contribution is -0.125. The molecule has 2 N–H and O–H groups in total. The van der Waals surface area contributed by atoms with E-state index in [1.54, 1.807) is 13.8 Å². The van der Waals surface area contributed by atoms with Crippen LogP contribution in [0.1, 0.15) is 40.5 Å². The first-order valence-electron chi connectivity index (χ1n) is 4.73. The van der Waals surface area contributed by atoms with Gasteiger partial charge in [-0.05, 0) is 26.7 Å². The third-order valence-electron chi connectivity index (χ3n) is 1.71. The van der Waals surface area contributed by atoms with E-state index in [9.17, 15) is 9.59 Å². The van der Waals surface area contributed by atoms with E-state index in [2.05, 4.69) is 0 Å². The Balaban J connectivity index is 0. The number of aliphatic hydroxyl groups is 2. The van der Waals surface area contributed by atoms with E-state index in [-0.39, 0.29) is 11.6 Å². The quantitative estimate of drug-likeness (QED) is 0.706. The number of carbonyl (C=O) groups excluding carboxylic acids is 2. The van der Waals surface area contributed by atoms with Crippen LogP contribution in [0, 0.1) is 0 Å². The Kier molecular flexibility index (Phi) is 9.93.